The summed E-state index contributed by atoms with van der Waals surface area (Å²) >= 11 is 0. The maximum absolute atomic E-state index is 4.08. The zero-order valence-corrected chi connectivity index (χ0v) is 28.6. The quantitative estimate of drug-likeness (QED) is 0.186. The summed E-state index contributed by atoms with van der Waals surface area (Å²) in [5.41, 5.74) is 11.0. The maximum atomic E-state index is 4.08. The lowest BCUT2D eigenvalue weighted by Gasteiger charge is -2.46. The van der Waals surface area contributed by atoms with Gasteiger partial charge in [-0.1, -0.05) is 176 Å². The molecule has 8 aromatic carbocycles. The Morgan fingerprint density at radius 2 is 0.941 bits per heavy atom. The Balaban J connectivity index is 1.22. The molecule has 1 saturated heterocycles. The van der Waals surface area contributed by atoms with Gasteiger partial charge in [-0.3, -0.25) is 15.5 Å². The summed E-state index contributed by atoms with van der Waals surface area (Å²) in [6.07, 6.45) is -0.225. The monoisotopic (exact) mass is 657 g/mol. The first kappa shape index (κ1) is 31.2. The van der Waals surface area contributed by atoms with Crippen molar-refractivity contribution < 1.29 is 0 Å². The standard InChI is InChI=1S/C48H39N3/c1-51-47(36-19-6-3-7-20-36)49-46(39-24-12-23-37(31-39)33-15-4-2-5-16-33)50-48(51)44-30-29-38(42-27-13-21-34-17-8-10-25-40(34)42)32-45(44)43-28-14-22-35-18-9-11-26-41(35)43/h2-32,46-50H,1H3. The molecule has 8 aromatic rings. The minimum atomic E-state index is -0.0997. The largest absolute Gasteiger partial charge is 0.279 e. The molecule has 0 amide bonds. The fourth-order valence-electron chi connectivity index (χ4n) is 7.88. The van der Waals surface area contributed by atoms with E-state index >= 15 is 0 Å². The SMILES string of the molecule is CN1C(c2ccccc2)NC(c2cccc(-c3ccccc3)c2)NC1c1ccc(-c2cccc3ccccc23)cc1-c1cccc2ccccc12. The zero-order valence-electron chi connectivity index (χ0n) is 28.6. The van der Waals surface area contributed by atoms with Crippen LogP contribution in [-0.2, 0) is 0 Å². The van der Waals surface area contributed by atoms with E-state index in [0.29, 0.717) is 0 Å². The molecule has 0 aliphatic carbocycles. The van der Waals surface area contributed by atoms with E-state index in [4.69, 9.17) is 0 Å². The third-order valence-electron chi connectivity index (χ3n) is 10.4. The Morgan fingerprint density at radius 3 is 1.69 bits per heavy atom. The Kier molecular flexibility index (Phi) is 8.23. The molecule has 246 valence electrons. The highest BCUT2D eigenvalue weighted by Crippen LogP contribution is 2.42. The second kappa shape index (κ2) is 13.5. The van der Waals surface area contributed by atoms with Gasteiger partial charge in [0.2, 0.25) is 0 Å². The number of rotatable bonds is 6. The van der Waals surface area contributed by atoms with Crippen LogP contribution in [0.2, 0.25) is 0 Å². The first-order valence-corrected chi connectivity index (χ1v) is 17.8. The van der Waals surface area contributed by atoms with Crippen LogP contribution in [0.5, 0.6) is 0 Å². The van der Waals surface area contributed by atoms with E-state index in [0.717, 1.165) is 0 Å². The summed E-state index contributed by atoms with van der Waals surface area (Å²) in [5.74, 6) is 0. The number of hydrogen-bond donors (Lipinski definition) is 2. The number of nitrogens with one attached hydrogen (secondary N) is 2. The number of fused-ring (bicyclic) bond motifs is 2. The molecule has 1 fully saturated rings. The third kappa shape index (κ3) is 5.92. The Bertz CT molecular complexity index is 2460. The predicted octanol–water partition coefficient (Wildman–Crippen LogP) is 11.5. The molecule has 1 heterocycles. The van der Waals surface area contributed by atoms with E-state index in [1.807, 2.05) is 0 Å². The molecule has 3 unspecified atom stereocenters. The molecule has 0 bridgehead atoms. The van der Waals surface area contributed by atoms with Crippen molar-refractivity contribution in [2.45, 2.75) is 18.5 Å². The van der Waals surface area contributed by atoms with Crippen molar-refractivity contribution in [3.8, 4) is 33.4 Å². The van der Waals surface area contributed by atoms with Crippen molar-refractivity contribution in [1.29, 1.82) is 0 Å². The summed E-state index contributed by atoms with van der Waals surface area (Å²) in [6, 6.07) is 68.2. The zero-order chi connectivity index (χ0) is 34.1. The van der Waals surface area contributed by atoms with Crippen molar-refractivity contribution in [3.05, 3.63) is 205 Å². The highest BCUT2D eigenvalue weighted by atomic mass is 15.4. The van der Waals surface area contributed by atoms with E-state index < -0.39 is 0 Å². The summed E-state index contributed by atoms with van der Waals surface area (Å²) in [4.78, 5) is 2.44. The van der Waals surface area contributed by atoms with Crippen LogP contribution in [0, 0.1) is 0 Å². The second-order valence-corrected chi connectivity index (χ2v) is 13.5. The molecule has 1 aliphatic rings. The van der Waals surface area contributed by atoms with Crippen LogP contribution < -0.4 is 10.6 Å². The summed E-state index contributed by atoms with van der Waals surface area (Å²) in [7, 11) is 2.23. The first-order chi connectivity index (χ1) is 25.2. The molecular formula is C48H39N3. The van der Waals surface area contributed by atoms with Gasteiger partial charge in [-0.15, -0.1) is 0 Å². The van der Waals surface area contributed by atoms with Crippen LogP contribution in [0.1, 0.15) is 35.2 Å². The van der Waals surface area contributed by atoms with Crippen LogP contribution in [0.25, 0.3) is 54.9 Å². The van der Waals surface area contributed by atoms with Crippen molar-refractivity contribution >= 4 is 21.5 Å². The molecule has 51 heavy (non-hydrogen) atoms. The molecule has 0 spiro atoms. The minimum Gasteiger partial charge on any atom is -0.279 e. The van der Waals surface area contributed by atoms with Gasteiger partial charge in [0, 0.05) is 0 Å². The van der Waals surface area contributed by atoms with Crippen molar-refractivity contribution in [2.75, 3.05) is 7.05 Å². The Labute approximate surface area is 299 Å². The highest BCUT2D eigenvalue weighted by molar-refractivity contribution is 6.00. The lowest BCUT2D eigenvalue weighted by atomic mass is 9.88. The van der Waals surface area contributed by atoms with Crippen molar-refractivity contribution in [2.24, 2.45) is 0 Å². The van der Waals surface area contributed by atoms with Crippen molar-refractivity contribution in [3.63, 3.8) is 0 Å². The average molecular weight is 658 g/mol. The summed E-state index contributed by atoms with van der Waals surface area (Å²) < 4.78 is 0. The molecule has 3 heteroatoms. The summed E-state index contributed by atoms with van der Waals surface area (Å²) in [5, 5.41) is 13.0. The number of nitrogens with zero attached hydrogens (tertiary/aromatic N) is 1. The van der Waals surface area contributed by atoms with Gasteiger partial charge in [-0.2, -0.15) is 0 Å². The molecule has 2 N–H and O–H groups in total. The highest BCUT2D eigenvalue weighted by Gasteiger charge is 2.36. The van der Waals surface area contributed by atoms with Gasteiger partial charge < -0.3 is 0 Å². The van der Waals surface area contributed by atoms with Gasteiger partial charge in [-0.05, 0) is 90.8 Å². The Hall–Kier alpha value is -5.84. The fourth-order valence-corrected chi connectivity index (χ4v) is 7.88. The van der Waals surface area contributed by atoms with Crippen LogP contribution in [0.15, 0.2) is 188 Å². The molecule has 3 atom stereocenters. The molecule has 3 nitrogen and oxygen atoms in total. The van der Waals surface area contributed by atoms with Gasteiger partial charge in [0.15, 0.2) is 0 Å². The van der Waals surface area contributed by atoms with Crippen LogP contribution in [0.3, 0.4) is 0 Å². The lowest BCUT2D eigenvalue weighted by Crippen LogP contribution is -2.55. The molecule has 0 aromatic heterocycles. The van der Waals surface area contributed by atoms with Gasteiger partial charge >= 0.3 is 0 Å². The van der Waals surface area contributed by atoms with Gasteiger partial charge in [0.05, 0.1) is 18.5 Å². The molecular weight excluding hydrogens is 619 g/mol. The van der Waals surface area contributed by atoms with E-state index in [-0.39, 0.29) is 18.5 Å². The first-order valence-electron chi connectivity index (χ1n) is 17.8. The van der Waals surface area contributed by atoms with E-state index in [2.05, 4.69) is 211 Å². The van der Waals surface area contributed by atoms with Crippen LogP contribution in [0.4, 0.5) is 0 Å². The van der Waals surface area contributed by atoms with Crippen LogP contribution >= 0.6 is 0 Å². The third-order valence-corrected chi connectivity index (χ3v) is 10.4. The molecule has 0 radical (unpaired) electrons. The predicted molar refractivity (Wildman–Crippen MR) is 213 cm³/mol. The normalized spacial score (nSPS) is 17.9. The second-order valence-electron chi connectivity index (χ2n) is 13.5. The van der Waals surface area contributed by atoms with Gasteiger partial charge in [0.25, 0.3) is 0 Å². The maximum Gasteiger partial charge on any atom is 0.0893 e. The van der Waals surface area contributed by atoms with E-state index in [1.165, 1.54) is 71.6 Å². The molecule has 1 aliphatic heterocycles. The fraction of sp³-hybridized carbons (Fsp3) is 0.0833. The smallest absolute Gasteiger partial charge is 0.0893 e. The number of hydrogen-bond acceptors (Lipinski definition) is 3. The molecule has 9 rings (SSSR count). The summed E-state index contributed by atoms with van der Waals surface area (Å²) in [6.45, 7) is 0. The average Bonchev–Trinajstić information content (AvgIpc) is 3.21. The topological polar surface area (TPSA) is 27.3 Å². The Morgan fingerprint density at radius 1 is 0.392 bits per heavy atom. The molecule has 0 saturated carbocycles. The lowest BCUT2D eigenvalue weighted by molar-refractivity contribution is 0.0419. The van der Waals surface area contributed by atoms with Crippen molar-refractivity contribution in [1.82, 2.24) is 15.5 Å². The number of benzene rings is 8. The van der Waals surface area contributed by atoms with E-state index in [1.54, 1.807) is 0 Å². The van der Waals surface area contributed by atoms with Gasteiger partial charge in [0.1, 0.15) is 0 Å². The van der Waals surface area contributed by atoms with E-state index in [9.17, 15) is 0 Å². The minimum absolute atomic E-state index is 0.0269. The van der Waals surface area contributed by atoms with Gasteiger partial charge in [-0.25, -0.2) is 0 Å². The van der Waals surface area contributed by atoms with Crippen LogP contribution in [-0.4, -0.2) is 11.9 Å².